The number of anilines is 1. The number of benzene rings is 2. The second kappa shape index (κ2) is 11.3. The van der Waals surface area contributed by atoms with Crippen molar-refractivity contribution in [3.05, 3.63) is 84.4 Å². The fourth-order valence-corrected chi connectivity index (χ4v) is 4.62. The summed E-state index contributed by atoms with van der Waals surface area (Å²) in [5.74, 6) is 0.296. The first kappa shape index (κ1) is 26.3. The molecule has 0 aliphatic carbocycles. The van der Waals surface area contributed by atoms with E-state index in [1.807, 2.05) is 18.2 Å². The van der Waals surface area contributed by atoms with Gasteiger partial charge in [0.1, 0.15) is 28.5 Å². The maximum atomic E-state index is 13.4. The number of nitrogens with one attached hydrogen (secondary N) is 2. The van der Waals surface area contributed by atoms with Crippen LogP contribution < -0.4 is 20.1 Å². The van der Waals surface area contributed by atoms with E-state index in [9.17, 15) is 13.6 Å². The van der Waals surface area contributed by atoms with Crippen LogP contribution in [0, 0.1) is 0 Å². The number of fused-ring (bicyclic) bond motifs is 1. The minimum absolute atomic E-state index is 0.0349. The molecule has 1 aliphatic rings. The van der Waals surface area contributed by atoms with E-state index in [0.717, 1.165) is 12.1 Å². The van der Waals surface area contributed by atoms with Gasteiger partial charge in [-0.05, 0) is 42.0 Å². The number of hydrogen-bond donors (Lipinski definition) is 2. The van der Waals surface area contributed by atoms with E-state index in [0.29, 0.717) is 30.4 Å². The van der Waals surface area contributed by atoms with E-state index >= 15 is 0 Å². The number of hydrogen-bond acceptors (Lipinski definition) is 8. The lowest BCUT2D eigenvalue weighted by atomic mass is 10.1. The number of carbonyl (C=O) groups is 1. The van der Waals surface area contributed by atoms with Crippen LogP contribution in [0.1, 0.15) is 22.0 Å². The molecule has 1 atom stereocenters. The Hall–Kier alpha value is -4.88. The summed E-state index contributed by atoms with van der Waals surface area (Å²) in [5, 5.41) is 14.8. The molecule has 1 fully saturated rings. The van der Waals surface area contributed by atoms with Gasteiger partial charge in [0.15, 0.2) is 5.65 Å². The molecule has 5 aromatic rings. The summed E-state index contributed by atoms with van der Waals surface area (Å²) in [5.41, 5.74) is 2.29. The summed E-state index contributed by atoms with van der Waals surface area (Å²) in [7, 11) is 1.65. The minimum Gasteiger partial charge on any atom is -0.457 e. The van der Waals surface area contributed by atoms with Crippen molar-refractivity contribution in [3.63, 3.8) is 0 Å². The smallest absolute Gasteiger partial charge is 0.387 e. The van der Waals surface area contributed by atoms with Crippen molar-refractivity contribution < 1.29 is 27.8 Å². The predicted molar refractivity (Wildman–Crippen MR) is 144 cm³/mol. The number of rotatable bonds is 8. The van der Waals surface area contributed by atoms with Gasteiger partial charge in [-0.15, -0.1) is 0 Å². The molecule has 6 rings (SSSR count). The Balaban J connectivity index is 1.32. The van der Waals surface area contributed by atoms with Crippen LogP contribution in [0.25, 0.3) is 16.9 Å². The Morgan fingerprint density at radius 2 is 2.07 bits per heavy atom. The number of nitrogens with zero attached hydrogens (tertiary/aromatic N) is 5. The van der Waals surface area contributed by atoms with Crippen molar-refractivity contribution >= 4 is 17.2 Å². The Bertz CT molecular complexity index is 1700. The maximum Gasteiger partial charge on any atom is 0.387 e. The maximum absolute atomic E-state index is 13.4. The molecule has 0 saturated carbocycles. The zero-order chi connectivity index (χ0) is 28.3. The van der Waals surface area contributed by atoms with Crippen LogP contribution >= 0.6 is 0 Å². The molecule has 4 heterocycles. The van der Waals surface area contributed by atoms with Gasteiger partial charge in [0.05, 0.1) is 36.7 Å². The lowest BCUT2D eigenvalue weighted by Crippen LogP contribution is -2.34. The van der Waals surface area contributed by atoms with Crippen molar-refractivity contribution in [2.24, 2.45) is 7.05 Å². The number of carbonyl (C=O) groups excluding carboxylic acids is 1. The molecular weight excluding hydrogens is 536 g/mol. The molecule has 13 heteroatoms. The number of aryl methyl sites for hydroxylation is 1. The zero-order valence-corrected chi connectivity index (χ0v) is 21.8. The second-order valence-corrected chi connectivity index (χ2v) is 9.26. The lowest BCUT2D eigenvalue weighted by molar-refractivity contribution is -0.0494. The highest BCUT2D eigenvalue weighted by Gasteiger charge is 2.22. The summed E-state index contributed by atoms with van der Waals surface area (Å²) in [6.07, 6.45) is 6.19. The lowest BCUT2D eigenvalue weighted by Gasteiger charge is -2.24. The normalized spacial score (nSPS) is 15.3. The summed E-state index contributed by atoms with van der Waals surface area (Å²) in [4.78, 5) is 17.4. The van der Waals surface area contributed by atoms with Crippen LogP contribution in [0.5, 0.6) is 17.2 Å². The molecule has 2 N–H and O–H groups in total. The van der Waals surface area contributed by atoms with E-state index in [2.05, 4.69) is 25.8 Å². The number of morpholine rings is 1. The van der Waals surface area contributed by atoms with Crippen LogP contribution in [-0.4, -0.2) is 56.7 Å². The van der Waals surface area contributed by atoms with E-state index in [1.54, 1.807) is 43.8 Å². The molecule has 2 aromatic carbocycles. The first-order chi connectivity index (χ1) is 19.9. The third kappa shape index (κ3) is 5.71. The van der Waals surface area contributed by atoms with Crippen LogP contribution in [0.15, 0.2) is 73.3 Å². The third-order valence-electron chi connectivity index (χ3n) is 6.44. The van der Waals surface area contributed by atoms with Crippen molar-refractivity contribution in [3.8, 4) is 28.5 Å². The Morgan fingerprint density at radius 3 is 2.90 bits per heavy atom. The highest BCUT2D eigenvalue weighted by Crippen LogP contribution is 2.39. The van der Waals surface area contributed by atoms with Gasteiger partial charge in [-0.2, -0.15) is 19.0 Å². The number of aromatic nitrogens is 5. The van der Waals surface area contributed by atoms with Gasteiger partial charge in [-0.1, -0.05) is 12.1 Å². The molecule has 0 radical (unpaired) electrons. The van der Waals surface area contributed by atoms with Crippen molar-refractivity contribution in [2.45, 2.75) is 12.7 Å². The Labute approximate surface area is 232 Å². The molecule has 11 nitrogen and oxygen atoms in total. The van der Waals surface area contributed by atoms with Crippen LogP contribution in [0.3, 0.4) is 0 Å². The summed E-state index contributed by atoms with van der Waals surface area (Å²) in [6, 6.07) is 13.7. The molecule has 41 heavy (non-hydrogen) atoms. The summed E-state index contributed by atoms with van der Waals surface area (Å²) >= 11 is 0. The minimum atomic E-state index is -3.07. The third-order valence-corrected chi connectivity index (χ3v) is 6.44. The van der Waals surface area contributed by atoms with Crippen molar-refractivity contribution in [1.82, 2.24) is 29.7 Å². The quantitative estimate of drug-likeness (QED) is 0.286. The van der Waals surface area contributed by atoms with Gasteiger partial charge in [0.25, 0.3) is 5.91 Å². The van der Waals surface area contributed by atoms with E-state index in [-0.39, 0.29) is 34.3 Å². The second-order valence-electron chi connectivity index (χ2n) is 9.26. The predicted octanol–water partition coefficient (Wildman–Crippen LogP) is 4.44. The summed E-state index contributed by atoms with van der Waals surface area (Å²) in [6.45, 7) is -1.11. The SMILES string of the molecule is Cn1cc(NC(=O)c2cnn3cccnc23)c(-c2cc(Oc3cccc(C4COCCN4)c3)ccc2OC(F)F)n1. The number of halogens is 2. The van der Waals surface area contributed by atoms with Crippen molar-refractivity contribution in [2.75, 3.05) is 25.1 Å². The largest absolute Gasteiger partial charge is 0.457 e. The van der Waals surface area contributed by atoms with Gasteiger partial charge in [0, 0.05) is 32.2 Å². The highest BCUT2D eigenvalue weighted by atomic mass is 19.3. The molecule has 1 unspecified atom stereocenters. The first-order valence-corrected chi connectivity index (χ1v) is 12.8. The van der Waals surface area contributed by atoms with Gasteiger partial charge < -0.3 is 24.8 Å². The fraction of sp³-hybridized carbons (Fsp3) is 0.214. The van der Waals surface area contributed by atoms with Crippen LogP contribution in [0.2, 0.25) is 0 Å². The zero-order valence-electron chi connectivity index (χ0n) is 21.8. The summed E-state index contributed by atoms with van der Waals surface area (Å²) < 4.78 is 46.1. The molecule has 210 valence electrons. The van der Waals surface area contributed by atoms with Gasteiger partial charge in [-0.25, -0.2) is 9.50 Å². The van der Waals surface area contributed by atoms with Gasteiger partial charge in [0.2, 0.25) is 0 Å². The molecule has 3 aromatic heterocycles. The Morgan fingerprint density at radius 1 is 1.20 bits per heavy atom. The molecule has 1 aliphatic heterocycles. The molecule has 1 amide bonds. The molecule has 1 saturated heterocycles. The average Bonchev–Trinajstić information content (AvgIpc) is 3.57. The number of ether oxygens (including phenoxy) is 3. The first-order valence-electron chi connectivity index (χ1n) is 12.8. The molecular formula is C28H25F2N7O4. The van der Waals surface area contributed by atoms with Gasteiger partial charge in [-0.3, -0.25) is 9.48 Å². The van der Waals surface area contributed by atoms with E-state index in [4.69, 9.17) is 14.2 Å². The van der Waals surface area contributed by atoms with Crippen LogP contribution in [-0.2, 0) is 11.8 Å². The number of alkyl halides is 2. The van der Waals surface area contributed by atoms with Crippen molar-refractivity contribution in [1.29, 1.82) is 0 Å². The van der Waals surface area contributed by atoms with Gasteiger partial charge >= 0.3 is 6.61 Å². The van der Waals surface area contributed by atoms with E-state index < -0.39 is 12.5 Å². The van der Waals surface area contributed by atoms with E-state index in [1.165, 1.54) is 27.5 Å². The number of amides is 1. The highest BCUT2D eigenvalue weighted by molar-refractivity contribution is 6.09. The topological polar surface area (TPSA) is 117 Å². The van der Waals surface area contributed by atoms with Crippen LogP contribution in [0.4, 0.5) is 14.5 Å². The standard InChI is InChI=1S/C28H25F2N7O4/c1-36-15-22(34-27(38)21-14-33-37-10-3-8-32-26(21)37)25(35-36)20-13-19(6-7-24(20)41-28(29)30)40-18-5-2-4-17(12-18)23-16-39-11-9-31-23/h2-8,10,12-15,23,28,31H,9,11,16H2,1H3,(H,34,38). The fourth-order valence-electron chi connectivity index (χ4n) is 4.62. The average molecular weight is 562 g/mol. The molecule has 0 spiro atoms. The molecule has 0 bridgehead atoms. The Kier molecular flexibility index (Phi) is 7.27. The monoisotopic (exact) mass is 561 g/mol.